The van der Waals surface area contributed by atoms with Crippen LogP contribution in [-0.4, -0.2) is 50.2 Å². The summed E-state index contributed by atoms with van der Waals surface area (Å²) in [6.45, 7) is 5.58. The van der Waals surface area contributed by atoms with Crippen LogP contribution in [0.3, 0.4) is 0 Å². The van der Waals surface area contributed by atoms with Crippen molar-refractivity contribution in [2.45, 2.75) is 38.8 Å². The molecule has 2 aliphatic rings. The van der Waals surface area contributed by atoms with Crippen molar-refractivity contribution in [2.75, 3.05) is 24.5 Å². The molecule has 1 unspecified atom stereocenters. The smallest absolute Gasteiger partial charge is 0.227 e. The van der Waals surface area contributed by atoms with E-state index in [1.54, 1.807) is 0 Å². The van der Waals surface area contributed by atoms with Crippen molar-refractivity contribution < 1.29 is 4.79 Å². The highest BCUT2D eigenvalue weighted by Crippen LogP contribution is 2.26. The Bertz CT molecular complexity index is 725. The lowest BCUT2D eigenvalue weighted by Gasteiger charge is -2.16. The lowest BCUT2D eigenvalue weighted by Crippen LogP contribution is -2.23. The molecule has 1 atom stereocenters. The Kier molecular flexibility index (Phi) is 4.02. The Morgan fingerprint density at radius 3 is 2.79 bits per heavy atom. The zero-order valence-corrected chi connectivity index (χ0v) is 13.9. The molecule has 0 aliphatic carbocycles. The summed E-state index contributed by atoms with van der Waals surface area (Å²) in [7, 11) is 0. The van der Waals surface area contributed by atoms with E-state index in [2.05, 4.69) is 20.0 Å². The highest BCUT2D eigenvalue weighted by Gasteiger charge is 2.27. The molecule has 4 heterocycles. The second-order valence-corrected chi connectivity index (χ2v) is 6.64. The van der Waals surface area contributed by atoms with Gasteiger partial charge >= 0.3 is 0 Å². The molecule has 0 N–H and O–H groups in total. The van der Waals surface area contributed by atoms with E-state index >= 15 is 0 Å². The van der Waals surface area contributed by atoms with E-state index in [9.17, 15) is 4.79 Å². The average Bonchev–Trinajstić information content (AvgIpc) is 3.29. The summed E-state index contributed by atoms with van der Waals surface area (Å²) in [6.07, 6.45) is 10.3. The van der Waals surface area contributed by atoms with Crippen LogP contribution in [0.15, 0.2) is 24.8 Å². The molecular formula is C17H22N6O. The Morgan fingerprint density at radius 2 is 2.04 bits per heavy atom. The van der Waals surface area contributed by atoms with Gasteiger partial charge in [-0.05, 0) is 19.8 Å². The summed E-state index contributed by atoms with van der Waals surface area (Å²) in [5.41, 5.74) is 2.08. The largest absolute Gasteiger partial charge is 0.309 e. The molecule has 0 radical (unpaired) electrons. The number of nitrogens with zero attached hydrogens (tertiary/aromatic N) is 6. The van der Waals surface area contributed by atoms with E-state index in [1.807, 2.05) is 41.3 Å². The minimum Gasteiger partial charge on any atom is -0.309 e. The van der Waals surface area contributed by atoms with Crippen molar-refractivity contribution in [1.82, 2.24) is 24.6 Å². The van der Waals surface area contributed by atoms with Crippen LogP contribution in [0.2, 0.25) is 0 Å². The first-order valence-corrected chi connectivity index (χ1v) is 8.53. The van der Waals surface area contributed by atoms with Gasteiger partial charge in [0.1, 0.15) is 5.82 Å². The monoisotopic (exact) mass is 326 g/mol. The van der Waals surface area contributed by atoms with E-state index in [4.69, 9.17) is 0 Å². The number of aryl methyl sites for hydroxylation is 1. The number of carbonyl (C=O) groups is 1. The van der Waals surface area contributed by atoms with Gasteiger partial charge in [0.05, 0.1) is 17.9 Å². The van der Waals surface area contributed by atoms with Crippen LogP contribution in [-0.2, 0) is 11.3 Å². The van der Waals surface area contributed by atoms with Crippen LogP contribution in [0, 0.1) is 6.92 Å². The molecule has 7 heteroatoms. The third-order valence-electron chi connectivity index (χ3n) is 4.84. The normalized spacial score (nSPS) is 21.8. The molecule has 0 saturated carbocycles. The maximum atomic E-state index is 11.9. The fourth-order valence-electron chi connectivity index (χ4n) is 3.52. The lowest BCUT2D eigenvalue weighted by atomic mass is 10.3. The first-order chi connectivity index (χ1) is 11.7. The molecule has 24 heavy (non-hydrogen) atoms. The molecule has 2 saturated heterocycles. The van der Waals surface area contributed by atoms with Gasteiger partial charge in [-0.1, -0.05) is 0 Å². The molecule has 0 bridgehead atoms. The number of hydrogen-bond acceptors (Lipinski definition) is 5. The van der Waals surface area contributed by atoms with Crippen molar-refractivity contribution in [3.8, 4) is 0 Å². The number of hydrogen-bond donors (Lipinski definition) is 0. The van der Waals surface area contributed by atoms with E-state index < -0.39 is 0 Å². The maximum Gasteiger partial charge on any atom is 0.227 e. The molecule has 0 aromatic carbocycles. The van der Waals surface area contributed by atoms with Crippen molar-refractivity contribution in [1.29, 1.82) is 0 Å². The van der Waals surface area contributed by atoms with Gasteiger partial charge in [-0.2, -0.15) is 5.10 Å². The Balaban J connectivity index is 1.39. The molecule has 126 valence electrons. The van der Waals surface area contributed by atoms with E-state index in [1.165, 1.54) is 0 Å². The van der Waals surface area contributed by atoms with Gasteiger partial charge in [0.15, 0.2) is 0 Å². The second-order valence-electron chi connectivity index (χ2n) is 6.64. The van der Waals surface area contributed by atoms with Crippen molar-refractivity contribution in [3.63, 3.8) is 0 Å². The topological polar surface area (TPSA) is 67.2 Å². The Labute approximate surface area is 141 Å². The number of likely N-dealkylation sites (tertiary alicyclic amines) is 1. The summed E-state index contributed by atoms with van der Waals surface area (Å²) in [4.78, 5) is 24.6. The number of aromatic nitrogens is 4. The molecule has 4 rings (SSSR count). The highest BCUT2D eigenvalue weighted by molar-refractivity contribution is 5.95. The maximum absolute atomic E-state index is 11.9. The first kappa shape index (κ1) is 15.3. The molecular weight excluding hydrogens is 304 g/mol. The number of anilines is 1. The molecule has 7 nitrogen and oxygen atoms in total. The van der Waals surface area contributed by atoms with Gasteiger partial charge < -0.3 is 4.90 Å². The molecule has 2 fully saturated rings. The molecule has 0 spiro atoms. The Morgan fingerprint density at radius 1 is 1.21 bits per heavy atom. The van der Waals surface area contributed by atoms with Gasteiger partial charge in [0.25, 0.3) is 0 Å². The van der Waals surface area contributed by atoms with Crippen LogP contribution in [0.25, 0.3) is 0 Å². The van der Waals surface area contributed by atoms with E-state index in [0.29, 0.717) is 12.5 Å². The zero-order valence-electron chi connectivity index (χ0n) is 13.9. The Hall–Kier alpha value is -2.28. The van der Waals surface area contributed by atoms with E-state index in [-0.39, 0.29) is 5.91 Å². The van der Waals surface area contributed by atoms with E-state index in [0.717, 1.165) is 56.1 Å². The molecule has 1 amide bonds. The number of amides is 1. The molecule has 2 aromatic heterocycles. The summed E-state index contributed by atoms with van der Waals surface area (Å²) in [5.74, 6) is 1.01. The first-order valence-electron chi connectivity index (χ1n) is 8.53. The van der Waals surface area contributed by atoms with Crippen molar-refractivity contribution in [2.24, 2.45) is 0 Å². The minimum atomic E-state index is 0.210. The molecule has 2 aliphatic heterocycles. The van der Waals surface area contributed by atoms with Crippen LogP contribution in [0.4, 0.5) is 5.69 Å². The standard InChI is InChI=1S/C17H22N6O/c1-13-18-7-14(8-19-13)10-21-6-4-15(11-21)23-12-16(9-20-23)22-5-2-3-17(22)24/h7-9,12,15H,2-6,10-11H2,1H3. The second kappa shape index (κ2) is 6.32. The predicted octanol–water partition coefficient (Wildman–Crippen LogP) is 1.56. The van der Waals surface area contributed by atoms with Gasteiger partial charge in [0, 0.05) is 56.8 Å². The summed E-state index contributed by atoms with van der Waals surface area (Å²) in [5, 5.41) is 4.50. The summed E-state index contributed by atoms with van der Waals surface area (Å²) >= 11 is 0. The van der Waals surface area contributed by atoms with Crippen LogP contribution in [0.1, 0.15) is 36.7 Å². The summed E-state index contributed by atoms with van der Waals surface area (Å²) < 4.78 is 2.02. The van der Waals surface area contributed by atoms with Crippen molar-refractivity contribution in [3.05, 3.63) is 36.2 Å². The summed E-state index contributed by atoms with van der Waals surface area (Å²) in [6, 6.07) is 0.364. The van der Waals surface area contributed by atoms with Gasteiger partial charge in [-0.15, -0.1) is 0 Å². The fourth-order valence-corrected chi connectivity index (χ4v) is 3.52. The zero-order chi connectivity index (χ0) is 16.5. The third kappa shape index (κ3) is 3.03. The van der Waals surface area contributed by atoms with Gasteiger partial charge in [0.2, 0.25) is 5.91 Å². The van der Waals surface area contributed by atoms with Crippen LogP contribution >= 0.6 is 0 Å². The SMILES string of the molecule is Cc1ncc(CN2CCC(n3cc(N4CCCC4=O)cn3)C2)cn1. The van der Waals surface area contributed by atoms with Crippen molar-refractivity contribution >= 4 is 11.6 Å². The lowest BCUT2D eigenvalue weighted by molar-refractivity contribution is -0.117. The highest BCUT2D eigenvalue weighted by atomic mass is 16.2. The minimum absolute atomic E-state index is 0.210. The van der Waals surface area contributed by atoms with Crippen LogP contribution < -0.4 is 4.90 Å². The fraction of sp³-hybridized carbons (Fsp3) is 0.529. The third-order valence-corrected chi connectivity index (χ3v) is 4.84. The number of rotatable bonds is 4. The van der Waals surface area contributed by atoms with Gasteiger partial charge in [-0.25, -0.2) is 9.97 Å². The average molecular weight is 326 g/mol. The molecule has 2 aromatic rings. The number of carbonyl (C=O) groups excluding carboxylic acids is 1. The van der Waals surface area contributed by atoms with Gasteiger partial charge in [-0.3, -0.25) is 14.4 Å². The predicted molar refractivity (Wildman–Crippen MR) is 89.5 cm³/mol. The quantitative estimate of drug-likeness (QED) is 0.853. The van der Waals surface area contributed by atoms with Crippen LogP contribution in [0.5, 0.6) is 0 Å².